The molecule has 1 heterocycles. The monoisotopic (exact) mass is 314 g/mol. The normalized spacial score (nSPS) is 13.0. The molecule has 0 aliphatic carbocycles. The molecule has 1 aromatic rings. The number of carbonyl (C=O) groups excluding carboxylic acids is 1. The van der Waals surface area contributed by atoms with E-state index in [9.17, 15) is 9.90 Å². The molecule has 1 amide bonds. The summed E-state index contributed by atoms with van der Waals surface area (Å²) in [6.45, 7) is 9.37. The summed E-state index contributed by atoms with van der Waals surface area (Å²) < 4.78 is 5.35. The molecule has 0 saturated heterocycles. The van der Waals surface area contributed by atoms with Gasteiger partial charge in [-0.25, -0.2) is 4.79 Å². The van der Waals surface area contributed by atoms with Crippen molar-refractivity contribution >= 4 is 17.4 Å². The minimum absolute atomic E-state index is 0.273. The van der Waals surface area contributed by atoms with E-state index in [-0.39, 0.29) is 12.6 Å². The van der Waals surface area contributed by atoms with Crippen LogP contribution in [0.2, 0.25) is 0 Å². The second-order valence-corrected chi connectivity index (χ2v) is 6.86. The number of carbonyl (C=O) groups is 1. The Morgan fingerprint density at radius 2 is 2.24 bits per heavy atom. The number of aliphatic hydroxyl groups is 1. The fraction of sp³-hybridized carbons (Fsp3) is 0.667. The van der Waals surface area contributed by atoms with Gasteiger partial charge in [-0.3, -0.25) is 0 Å². The lowest BCUT2D eigenvalue weighted by Crippen LogP contribution is -2.43. The average molecular weight is 314 g/mol. The van der Waals surface area contributed by atoms with Crippen LogP contribution in [0.1, 0.15) is 33.3 Å². The molecule has 120 valence electrons. The Kier molecular flexibility index (Phi) is 7.14. The third-order valence-electron chi connectivity index (χ3n) is 2.60. The number of amides is 1. The Hall–Kier alpha value is -1.11. The minimum atomic E-state index is -0.575. The zero-order chi connectivity index (χ0) is 15.9. The largest absolute Gasteiger partial charge is 0.444 e. The Morgan fingerprint density at radius 1 is 1.52 bits per heavy atom. The lowest BCUT2D eigenvalue weighted by Gasteiger charge is -2.28. The number of hydrogen-bond donors (Lipinski definition) is 2. The van der Waals surface area contributed by atoms with Crippen LogP contribution in [0.4, 0.5) is 4.79 Å². The number of nitrogens with zero attached hydrogens (tertiary/aromatic N) is 1. The molecule has 0 aliphatic heterocycles. The van der Waals surface area contributed by atoms with Gasteiger partial charge in [-0.05, 0) is 50.1 Å². The number of ether oxygens (including phenoxy) is 1. The summed E-state index contributed by atoms with van der Waals surface area (Å²) in [5.41, 5.74) is 0.706. The Morgan fingerprint density at radius 3 is 2.76 bits per heavy atom. The van der Waals surface area contributed by atoms with E-state index >= 15 is 0 Å². The molecule has 0 aromatic carbocycles. The highest BCUT2D eigenvalue weighted by Gasteiger charge is 2.22. The van der Waals surface area contributed by atoms with E-state index in [4.69, 9.17) is 4.74 Å². The van der Waals surface area contributed by atoms with Crippen LogP contribution in [-0.2, 0) is 11.3 Å². The fourth-order valence-corrected chi connectivity index (χ4v) is 2.41. The molecular formula is C15H26N2O3S. The van der Waals surface area contributed by atoms with Gasteiger partial charge in [0.25, 0.3) is 0 Å². The summed E-state index contributed by atoms with van der Waals surface area (Å²) >= 11 is 1.67. The van der Waals surface area contributed by atoms with E-state index in [1.54, 1.807) is 18.3 Å². The maximum Gasteiger partial charge on any atom is 0.410 e. The number of nitrogens with one attached hydrogen (secondary N) is 1. The molecule has 0 fully saturated rings. The van der Waals surface area contributed by atoms with Crippen molar-refractivity contribution in [3.8, 4) is 0 Å². The van der Waals surface area contributed by atoms with E-state index in [0.717, 1.165) is 6.54 Å². The zero-order valence-electron chi connectivity index (χ0n) is 13.3. The molecule has 1 rings (SSSR count). The van der Waals surface area contributed by atoms with Crippen molar-refractivity contribution in [1.82, 2.24) is 10.2 Å². The van der Waals surface area contributed by atoms with Crippen molar-refractivity contribution in [1.29, 1.82) is 0 Å². The van der Waals surface area contributed by atoms with Gasteiger partial charge in [-0.15, -0.1) is 0 Å². The summed E-state index contributed by atoms with van der Waals surface area (Å²) in [5.74, 6) is 0. The molecule has 2 N–H and O–H groups in total. The van der Waals surface area contributed by atoms with Crippen LogP contribution in [-0.4, -0.2) is 47.4 Å². The van der Waals surface area contributed by atoms with Gasteiger partial charge in [0.15, 0.2) is 0 Å². The molecule has 6 heteroatoms. The lowest BCUT2D eigenvalue weighted by molar-refractivity contribution is 0.0164. The van der Waals surface area contributed by atoms with Crippen molar-refractivity contribution in [2.24, 2.45) is 0 Å². The molecule has 1 aromatic heterocycles. The number of thiophene rings is 1. The summed E-state index contributed by atoms with van der Waals surface area (Å²) in [7, 11) is 0. The maximum atomic E-state index is 12.1. The van der Waals surface area contributed by atoms with Crippen molar-refractivity contribution in [2.75, 3.05) is 19.6 Å². The van der Waals surface area contributed by atoms with Crippen molar-refractivity contribution in [3.63, 3.8) is 0 Å². The third-order valence-corrected chi connectivity index (χ3v) is 3.34. The number of aliphatic hydroxyl groups excluding tert-OH is 1. The average Bonchev–Trinajstić information content (AvgIpc) is 2.83. The number of hydrogen-bond acceptors (Lipinski definition) is 5. The highest BCUT2D eigenvalue weighted by molar-refractivity contribution is 7.07. The molecule has 21 heavy (non-hydrogen) atoms. The van der Waals surface area contributed by atoms with Gasteiger partial charge in [0.1, 0.15) is 5.60 Å². The molecule has 0 radical (unpaired) electrons. The molecule has 1 atom stereocenters. The van der Waals surface area contributed by atoms with E-state index in [2.05, 4.69) is 16.8 Å². The minimum Gasteiger partial charge on any atom is -0.444 e. The van der Waals surface area contributed by atoms with Crippen molar-refractivity contribution in [2.45, 2.75) is 45.9 Å². The highest BCUT2D eigenvalue weighted by atomic mass is 32.1. The van der Waals surface area contributed by atoms with Crippen LogP contribution in [0, 0.1) is 0 Å². The van der Waals surface area contributed by atoms with E-state index in [1.807, 2.05) is 26.2 Å². The molecule has 0 saturated carbocycles. The molecule has 1 unspecified atom stereocenters. The van der Waals surface area contributed by atoms with Crippen LogP contribution in [0.25, 0.3) is 0 Å². The quantitative estimate of drug-likeness (QED) is 0.759. The predicted octanol–water partition coefficient (Wildman–Crippen LogP) is 2.46. The summed E-state index contributed by atoms with van der Waals surface area (Å²) in [6, 6.07) is 2.07. The first kappa shape index (κ1) is 17.9. The Bertz CT molecular complexity index is 413. The Balaban J connectivity index is 2.40. The fourth-order valence-electron chi connectivity index (χ4n) is 1.74. The Labute approximate surface area is 130 Å². The third kappa shape index (κ3) is 8.04. The van der Waals surface area contributed by atoms with Gasteiger partial charge >= 0.3 is 6.09 Å². The van der Waals surface area contributed by atoms with E-state index in [1.165, 1.54) is 10.5 Å². The first-order chi connectivity index (χ1) is 9.78. The first-order valence-corrected chi connectivity index (χ1v) is 8.10. The highest BCUT2D eigenvalue weighted by Crippen LogP contribution is 2.10. The van der Waals surface area contributed by atoms with Gasteiger partial charge in [0.2, 0.25) is 0 Å². The maximum absolute atomic E-state index is 12.1. The molecular weight excluding hydrogens is 288 g/mol. The topological polar surface area (TPSA) is 61.8 Å². The summed E-state index contributed by atoms with van der Waals surface area (Å²) in [4.78, 5) is 13.6. The summed E-state index contributed by atoms with van der Waals surface area (Å²) in [5, 5.41) is 16.9. The standard InChI is InChI=1S/C15H26N2O3S/c1-12(18)10-17(14(19)20-15(2,3)4)7-6-16-9-13-5-8-21-11-13/h5,8,11-12,16,18H,6-7,9-10H2,1-4H3. The smallest absolute Gasteiger partial charge is 0.410 e. The second-order valence-electron chi connectivity index (χ2n) is 6.08. The van der Waals surface area contributed by atoms with Crippen LogP contribution < -0.4 is 5.32 Å². The van der Waals surface area contributed by atoms with E-state index in [0.29, 0.717) is 13.1 Å². The van der Waals surface area contributed by atoms with Crippen LogP contribution in [0.5, 0.6) is 0 Å². The van der Waals surface area contributed by atoms with Crippen molar-refractivity contribution < 1.29 is 14.6 Å². The van der Waals surface area contributed by atoms with Crippen LogP contribution >= 0.6 is 11.3 Å². The van der Waals surface area contributed by atoms with Gasteiger partial charge in [-0.2, -0.15) is 11.3 Å². The van der Waals surface area contributed by atoms with Crippen LogP contribution in [0.3, 0.4) is 0 Å². The predicted molar refractivity (Wildman–Crippen MR) is 85.5 cm³/mol. The lowest BCUT2D eigenvalue weighted by atomic mass is 10.2. The van der Waals surface area contributed by atoms with Gasteiger partial charge in [0.05, 0.1) is 6.10 Å². The van der Waals surface area contributed by atoms with Crippen molar-refractivity contribution in [3.05, 3.63) is 22.4 Å². The second kappa shape index (κ2) is 8.36. The molecule has 5 nitrogen and oxygen atoms in total. The molecule has 0 bridgehead atoms. The van der Waals surface area contributed by atoms with Gasteiger partial charge in [0, 0.05) is 26.2 Å². The van der Waals surface area contributed by atoms with E-state index < -0.39 is 11.7 Å². The molecule has 0 aliphatic rings. The van der Waals surface area contributed by atoms with Crippen LogP contribution in [0.15, 0.2) is 16.8 Å². The SMILES string of the molecule is CC(O)CN(CCNCc1ccsc1)C(=O)OC(C)(C)C. The summed E-state index contributed by atoms with van der Waals surface area (Å²) in [6.07, 6.45) is -0.963. The van der Waals surface area contributed by atoms with Gasteiger partial charge in [-0.1, -0.05) is 0 Å². The van der Waals surface area contributed by atoms with Gasteiger partial charge < -0.3 is 20.1 Å². The number of rotatable bonds is 7. The zero-order valence-corrected chi connectivity index (χ0v) is 14.1. The molecule has 0 spiro atoms. The first-order valence-electron chi connectivity index (χ1n) is 7.15.